The molecule has 0 heterocycles. The average Bonchev–Trinajstić information content (AvgIpc) is 2.10. The standard InChI is InChI=1S/C8H14N2O3S2/c1-5(11)9-6(7(12)13)4-15-8(14)10(2)3/h6H,4H2,1-3H3,(H,9,11)(H,12,13)/t6-/m0/s1. The Morgan fingerprint density at radius 3 is 2.40 bits per heavy atom. The molecule has 0 aliphatic heterocycles. The van der Waals surface area contributed by atoms with Crippen LogP contribution in [0, 0.1) is 0 Å². The van der Waals surface area contributed by atoms with Crippen molar-refractivity contribution in [3.05, 3.63) is 0 Å². The van der Waals surface area contributed by atoms with Gasteiger partial charge in [0, 0.05) is 26.8 Å². The van der Waals surface area contributed by atoms with Crippen LogP contribution in [0.2, 0.25) is 0 Å². The number of carboxylic acid groups (broad SMARTS) is 1. The van der Waals surface area contributed by atoms with Gasteiger partial charge in [0.15, 0.2) is 0 Å². The fourth-order valence-electron chi connectivity index (χ4n) is 0.704. The molecule has 0 spiro atoms. The highest BCUT2D eigenvalue weighted by atomic mass is 32.2. The molecule has 0 aliphatic rings. The van der Waals surface area contributed by atoms with Crippen LogP contribution in [0.25, 0.3) is 0 Å². The van der Waals surface area contributed by atoms with E-state index in [2.05, 4.69) is 5.32 Å². The van der Waals surface area contributed by atoms with Crippen LogP contribution < -0.4 is 5.32 Å². The first kappa shape index (κ1) is 14.2. The molecule has 0 rings (SSSR count). The van der Waals surface area contributed by atoms with Crippen molar-refractivity contribution in [3.63, 3.8) is 0 Å². The van der Waals surface area contributed by atoms with Crippen LogP contribution in [-0.2, 0) is 9.59 Å². The van der Waals surface area contributed by atoms with E-state index >= 15 is 0 Å². The number of hydrogen-bond donors (Lipinski definition) is 2. The molecule has 1 amide bonds. The van der Waals surface area contributed by atoms with Crippen LogP contribution in [0.5, 0.6) is 0 Å². The van der Waals surface area contributed by atoms with Gasteiger partial charge in [0.1, 0.15) is 10.4 Å². The van der Waals surface area contributed by atoms with Crippen LogP contribution >= 0.6 is 24.0 Å². The maximum atomic E-state index is 10.7. The molecule has 1 atom stereocenters. The third kappa shape index (κ3) is 6.29. The number of carbonyl (C=O) groups excluding carboxylic acids is 1. The average molecular weight is 250 g/mol. The summed E-state index contributed by atoms with van der Waals surface area (Å²) in [5, 5.41) is 11.1. The van der Waals surface area contributed by atoms with Crippen molar-refractivity contribution in [3.8, 4) is 0 Å². The summed E-state index contributed by atoms with van der Waals surface area (Å²) < 4.78 is 0.589. The lowest BCUT2D eigenvalue weighted by Gasteiger charge is -2.16. The Balaban J connectivity index is 4.13. The molecular formula is C8H14N2O3S2. The third-order valence-corrected chi connectivity index (χ3v) is 3.25. The summed E-state index contributed by atoms with van der Waals surface area (Å²) in [7, 11) is 3.56. The predicted octanol–water partition coefficient (Wildman–Crippen LogP) is 0.155. The molecule has 0 aromatic rings. The topological polar surface area (TPSA) is 69.6 Å². The van der Waals surface area contributed by atoms with Gasteiger partial charge >= 0.3 is 5.97 Å². The van der Waals surface area contributed by atoms with Gasteiger partial charge < -0.3 is 15.3 Å². The predicted molar refractivity (Wildman–Crippen MR) is 64.0 cm³/mol. The summed E-state index contributed by atoms with van der Waals surface area (Å²) in [5.41, 5.74) is 0. The Morgan fingerprint density at radius 1 is 1.53 bits per heavy atom. The molecule has 0 aromatic heterocycles. The number of carboxylic acids is 1. The molecule has 2 N–H and O–H groups in total. The van der Waals surface area contributed by atoms with Gasteiger partial charge in [-0.1, -0.05) is 24.0 Å². The van der Waals surface area contributed by atoms with Crippen molar-refractivity contribution in [1.82, 2.24) is 10.2 Å². The number of thiocarbonyl (C=S) groups is 1. The van der Waals surface area contributed by atoms with E-state index in [1.54, 1.807) is 19.0 Å². The van der Waals surface area contributed by atoms with Crippen LogP contribution in [0.15, 0.2) is 0 Å². The fraction of sp³-hybridized carbons (Fsp3) is 0.625. The minimum absolute atomic E-state index is 0.228. The number of nitrogens with zero attached hydrogens (tertiary/aromatic N) is 1. The van der Waals surface area contributed by atoms with Crippen molar-refractivity contribution in [2.75, 3.05) is 19.8 Å². The van der Waals surface area contributed by atoms with E-state index in [1.807, 2.05) is 0 Å². The maximum Gasteiger partial charge on any atom is 0.327 e. The molecule has 5 nitrogen and oxygen atoms in total. The second-order valence-electron chi connectivity index (χ2n) is 3.06. The van der Waals surface area contributed by atoms with Gasteiger partial charge in [-0.25, -0.2) is 4.79 Å². The van der Waals surface area contributed by atoms with E-state index in [9.17, 15) is 9.59 Å². The normalized spacial score (nSPS) is 11.7. The van der Waals surface area contributed by atoms with E-state index in [0.29, 0.717) is 4.32 Å². The molecule has 0 saturated heterocycles. The van der Waals surface area contributed by atoms with E-state index in [0.717, 1.165) is 0 Å². The molecule has 0 radical (unpaired) electrons. The van der Waals surface area contributed by atoms with E-state index in [-0.39, 0.29) is 11.7 Å². The van der Waals surface area contributed by atoms with Crippen molar-refractivity contribution in [2.45, 2.75) is 13.0 Å². The fourth-order valence-corrected chi connectivity index (χ4v) is 1.70. The summed E-state index contributed by atoms with van der Waals surface area (Å²) >= 11 is 6.20. The van der Waals surface area contributed by atoms with Gasteiger partial charge in [0.2, 0.25) is 5.91 Å². The van der Waals surface area contributed by atoms with Gasteiger partial charge in [-0.15, -0.1) is 0 Å². The first-order chi connectivity index (χ1) is 6.84. The summed E-state index contributed by atoms with van der Waals surface area (Å²) in [5.74, 6) is -1.19. The van der Waals surface area contributed by atoms with Crippen LogP contribution in [0.1, 0.15) is 6.92 Å². The summed E-state index contributed by atoms with van der Waals surface area (Å²) in [4.78, 5) is 23.2. The quantitative estimate of drug-likeness (QED) is 0.693. The van der Waals surface area contributed by atoms with E-state index < -0.39 is 12.0 Å². The van der Waals surface area contributed by atoms with Gasteiger partial charge in [0.05, 0.1) is 0 Å². The molecule has 15 heavy (non-hydrogen) atoms. The van der Waals surface area contributed by atoms with Crippen LogP contribution in [0.3, 0.4) is 0 Å². The first-order valence-corrected chi connectivity index (χ1v) is 5.58. The summed E-state index contributed by atoms with van der Waals surface area (Å²) in [6.45, 7) is 1.28. The number of aliphatic carboxylic acids is 1. The molecule has 0 saturated carbocycles. The SMILES string of the molecule is CC(=O)N[C@@H](CSC(=S)N(C)C)C(=O)O. The number of nitrogens with one attached hydrogen (secondary N) is 1. The van der Waals surface area contributed by atoms with Crippen LogP contribution in [-0.4, -0.2) is 52.1 Å². The Kier molecular flexibility index (Phi) is 6.26. The highest BCUT2D eigenvalue weighted by Crippen LogP contribution is 2.08. The minimum atomic E-state index is -1.06. The maximum absolute atomic E-state index is 10.7. The van der Waals surface area contributed by atoms with Crippen molar-refractivity contribution >= 4 is 40.2 Å². The highest BCUT2D eigenvalue weighted by Gasteiger charge is 2.19. The number of rotatable bonds is 4. The molecule has 0 aromatic carbocycles. The lowest BCUT2D eigenvalue weighted by atomic mass is 10.3. The van der Waals surface area contributed by atoms with Crippen molar-refractivity contribution < 1.29 is 14.7 Å². The molecule has 7 heteroatoms. The van der Waals surface area contributed by atoms with E-state index in [1.165, 1.54) is 18.7 Å². The Labute approximate surface area is 98.2 Å². The van der Waals surface area contributed by atoms with Gasteiger partial charge in [0.25, 0.3) is 0 Å². The second-order valence-corrected chi connectivity index (χ2v) is 4.72. The van der Waals surface area contributed by atoms with Crippen LogP contribution in [0.4, 0.5) is 0 Å². The van der Waals surface area contributed by atoms with Gasteiger partial charge in [-0.3, -0.25) is 4.79 Å². The minimum Gasteiger partial charge on any atom is -0.480 e. The largest absolute Gasteiger partial charge is 0.480 e. The number of carbonyl (C=O) groups is 2. The number of hydrogen-bond acceptors (Lipinski definition) is 4. The summed E-state index contributed by atoms with van der Waals surface area (Å²) in [6.07, 6.45) is 0. The smallest absolute Gasteiger partial charge is 0.327 e. The Morgan fingerprint density at radius 2 is 2.07 bits per heavy atom. The van der Waals surface area contributed by atoms with Gasteiger partial charge in [-0.05, 0) is 0 Å². The molecule has 0 aliphatic carbocycles. The molecule has 86 valence electrons. The molecule has 0 unspecified atom stereocenters. The first-order valence-electron chi connectivity index (χ1n) is 4.18. The lowest BCUT2D eigenvalue weighted by Crippen LogP contribution is -2.42. The van der Waals surface area contributed by atoms with Crippen molar-refractivity contribution in [1.29, 1.82) is 0 Å². The molecular weight excluding hydrogens is 236 g/mol. The Bertz CT molecular complexity index is 269. The third-order valence-electron chi connectivity index (χ3n) is 1.41. The highest BCUT2D eigenvalue weighted by molar-refractivity contribution is 8.22. The zero-order chi connectivity index (χ0) is 12.0. The lowest BCUT2D eigenvalue weighted by molar-refractivity contribution is -0.140. The number of thioether (sulfide) groups is 1. The zero-order valence-electron chi connectivity index (χ0n) is 8.81. The van der Waals surface area contributed by atoms with E-state index in [4.69, 9.17) is 17.3 Å². The Hall–Kier alpha value is -0.820. The summed E-state index contributed by atoms with van der Waals surface area (Å²) in [6, 6.07) is -0.898. The van der Waals surface area contributed by atoms with Crippen molar-refractivity contribution in [2.24, 2.45) is 0 Å². The molecule has 0 bridgehead atoms. The number of amides is 1. The molecule has 0 fully saturated rings. The monoisotopic (exact) mass is 250 g/mol. The second kappa shape index (κ2) is 6.62. The van der Waals surface area contributed by atoms with Gasteiger partial charge in [-0.2, -0.15) is 0 Å². The zero-order valence-corrected chi connectivity index (χ0v) is 10.4.